The van der Waals surface area contributed by atoms with Crippen molar-refractivity contribution in [3.05, 3.63) is 47.3 Å². The molecule has 2 nitrogen and oxygen atoms in total. The molecular formula is C14H16N2. The van der Waals surface area contributed by atoms with Crippen LogP contribution in [0.15, 0.2) is 30.5 Å². The van der Waals surface area contributed by atoms with Crippen LogP contribution in [0, 0.1) is 6.92 Å². The van der Waals surface area contributed by atoms with Gasteiger partial charge in [0.15, 0.2) is 0 Å². The molecule has 1 aromatic heterocycles. The van der Waals surface area contributed by atoms with E-state index in [0.717, 1.165) is 0 Å². The van der Waals surface area contributed by atoms with Gasteiger partial charge in [-0.2, -0.15) is 5.10 Å². The molecule has 0 N–H and O–H groups in total. The van der Waals surface area contributed by atoms with Crippen molar-refractivity contribution >= 4 is 0 Å². The predicted octanol–water partition coefficient (Wildman–Crippen LogP) is 3.06. The highest BCUT2D eigenvalue weighted by Gasteiger charge is 2.15. The molecule has 82 valence electrons. The van der Waals surface area contributed by atoms with E-state index < -0.39 is 0 Å². The van der Waals surface area contributed by atoms with Crippen LogP contribution in [0.3, 0.4) is 0 Å². The first-order chi connectivity index (χ1) is 7.84. The fourth-order valence-electron chi connectivity index (χ4n) is 2.40. The van der Waals surface area contributed by atoms with Crippen LogP contribution >= 0.6 is 0 Å². The van der Waals surface area contributed by atoms with E-state index in [-0.39, 0.29) is 0 Å². The number of hydrogen-bond donors (Lipinski definition) is 0. The Morgan fingerprint density at radius 1 is 1.06 bits per heavy atom. The monoisotopic (exact) mass is 212 g/mol. The van der Waals surface area contributed by atoms with Gasteiger partial charge in [-0.25, -0.2) is 4.68 Å². The van der Waals surface area contributed by atoms with Crippen molar-refractivity contribution in [3.63, 3.8) is 0 Å². The zero-order chi connectivity index (χ0) is 11.0. The normalized spacial score (nSPS) is 14.8. The Hall–Kier alpha value is -1.57. The molecule has 3 rings (SSSR count). The molecular weight excluding hydrogens is 196 g/mol. The lowest BCUT2D eigenvalue weighted by Crippen LogP contribution is -2.07. The Morgan fingerprint density at radius 3 is 2.62 bits per heavy atom. The van der Waals surface area contributed by atoms with Gasteiger partial charge in [0, 0.05) is 5.69 Å². The number of benzene rings is 1. The van der Waals surface area contributed by atoms with E-state index in [0.29, 0.717) is 0 Å². The summed E-state index contributed by atoms with van der Waals surface area (Å²) in [6.45, 7) is 2.11. The molecule has 1 aromatic carbocycles. The van der Waals surface area contributed by atoms with Crippen LogP contribution in [0.2, 0.25) is 0 Å². The number of aryl methyl sites for hydroxylation is 2. The Morgan fingerprint density at radius 2 is 1.81 bits per heavy atom. The van der Waals surface area contributed by atoms with Crippen LogP contribution in [-0.4, -0.2) is 9.78 Å². The van der Waals surface area contributed by atoms with E-state index in [4.69, 9.17) is 0 Å². The molecule has 2 aromatic rings. The predicted molar refractivity (Wildman–Crippen MR) is 64.9 cm³/mol. The van der Waals surface area contributed by atoms with Gasteiger partial charge < -0.3 is 0 Å². The van der Waals surface area contributed by atoms with E-state index in [1.807, 2.05) is 6.20 Å². The van der Waals surface area contributed by atoms with Gasteiger partial charge in [0.05, 0.1) is 11.9 Å². The van der Waals surface area contributed by atoms with Gasteiger partial charge in [-0.05, 0) is 50.3 Å². The number of aromatic nitrogens is 2. The van der Waals surface area contributed by atoms with Gasteiger partial charge in [0.25, 0.3) is 0 Å². The summed E-state index contributed by atoms with van der Waals surface area (Å²) in [5.74, 6) is 0. The quantitative estimate of drug-likeness (QED) is 0.710. The molecule has 0 spiro atoms. The Kier molecular flexibility index (Phi) is 2.28. The van der Waals surface area contributed by atoms with Crippen molar-refractivity contribution in [1.82, 2.24) is 9.78 Å². The third kappa shape index (κ3) is 1.54. The Balaban J connectivity index is 2.06. The SMILES string of the molecule is Cc1ccc(-n2ncc3c2CCCC3)cc1. The van der Waals surface area contributed by atoms with Crippen LogP contribution < -0.4 is 0 Å². The molecule has 0 saturated carbocycles. The maximum absolute atomic E-state index is 4.51. The van der Waals surface area contributed by atoms with Crippen LogP contribution in [0.4, 0.5) is 0 Å². The van der Waals surface area contributed by atoms with Crippen molar-refractivity contribution in [3.8, 4) is 5.69 Å². The minimum atomic E-state index is 1.17. The molecule has 0 saturated heterocycles. The zero-order valence-corrected chi connectivity index (χ0v) is 9.61. The minimum Gasteiger partial charge on any atom is -0.238 e. The highest BCUT2D eigenvalue weighted by Crippen LogP contribution is 2.23. The van der Waals surface area contributed by atoms with Crippen molar-refractivity contribution < 1.29 is 0 Å². The minimum absolute atomic E-state index is 1.17. The van der Waals surface area contributed by atoms with Gasteiger partial charge in [0.2, 0.25) is 0 Å². The summed E-state index contributed by atoms with van der Waals surface area (Å²) in [5, 5.41) is 4.51. The zero-order valence-electron chi connectivity index (χ0n) is 9.61. The maximum Gasteiger partial charge on any atom is 0.0649 e. The van der Waals surface area contributed by atoms with Crippen molar-refractivity contribution in [2.24, 2.45) is 0 Å². The van der Waals surface area contributed by atoms with Crippen LogP contribution in [0.5, 0.6) is 0 Å². The summed E-state index contributed by atoms with van der Waals surface area (Å²) >= 11 is 0. The summed E-state index contributed by atoms with van der Waals surface area (Å²) in [6, 6.07) is 8.59. The molecule has 1 aliphatic rings. The van der Waals surface area contributed by atoms with Crippen molar-refractivity contribution in [1.29, 1.82) is 0 Å². The Bertz CT molecular complexity index is 494. The number of hydrogen-bond acceptors (Lipinski definition) is 1. The fourth-order valence-corrected chi connectivity index (χ4v) is 2.40. The first kappa shape index (κ1) is 9.64. The first-order valence-electron chi connectivity index (χ1n) is 5.97. The molecule has 0 bridgehead atoms. The van der Waals surface area contributed by atoms with E-state index in [9.17, 15) is 0 Å². The molecule has 0 fully saturated rings. The number of nitrogens with zero attached hydrogens (tertiary/aromatic N) is 2. The van der Waals surface area contributed by atoms with Gasteiger partial charge in [-0.1, -0.05) is 17.7 Å². The maximum atomic E-state index is 4.51. The number of rotatable bonds is 1. The molecule has 2 heteroatoms. The van der Waals surface area contributed by atoms with Crippen LogP contribution in [0.1, 0.15) is 29.7 Å². The third-order valence-electron chi connectivity index (χ3n) is 3.34. The third-order valence-corrected chi connectivity index (χ3v) is 3.34. The largest absolute Gasteiger partial charge is 0.238 e. The standard InChI is InChI=1S/C14H16N2/c1-11-6-8-13(9-7-11)16-14-5-3-2-4-12(14)10-15-16/h6-10H,2-5H2,1H3. The second kappa shape index (κ2) is 3.78. The molecule has 0 amide bonds. The van der Waals surface area contributed by atoms with E-state index in [1.54, 1.807) is 0 Å². The highest BCUT2D eigenvalue weighted by atomic mass is 15.3. The average molecular weight is 212 g/mol. The fraction of sp³-hybridized carbons (Fsp3) is 0.357. The lowest BCUT2D eigenvalue weighted by molar-refractivity contribution is 0.653. The molecule has 16 heavy (non-hydrogen) atoms. The first-order valence-corrected chi connectivity index (χ1v) is 5.97. The molecule has 1 aliphatic carbocycles. The van der Waals surface area contributed by atoms with Crippen molar-refractivity contribution in [2.75, 3.05) is 0 Å². The smallest absolute Gasteiger partial charge is 0.0649 e. The lowest BCUT2D eigenvalue weighted by atomic mass is 9.98. The van der Waals surface area contributed by atoms with E-state index >= 15 is 0 Å². The van der Waals surface area contributed by atoms with E-state index in [2.05, 4.69) is 41.0 Å². The van der Waals surface area contributed by atoms with Gasteiger partial charge in [0.1, 0.15) is 0 Å². The molecule has 0 radical (unpaired) electrons. The van der Waals surface area contributed by atoms with Gasteiger partial charge in [-0.3, -0.25) is 0 Å². The lowest BCUT2D eigenvalue weighted by Gasteiger charge is -2.13. The van der Waals surface area contributed by atoms with Gasteiger partial charge in [-0.15, -0.1) is 0 Å². The van der Waals surface area contributed by atoms with Crippen LogP contribution in [-0.2, 0) is 12.8 Å². The molecule has 0 aliphatic heterocycles. The molecule has 1 heterocycles. The molecule has 0 unspecified atom stereocenters. The summed E-state index contributed by atoms with van der Waals surface area (Å²) in [4.78, 5) is 0. The Labute approximate surface area is 95.9 Å². The summed E-state index contributed by atoms with van der Waals surface area (Å²) in [6.07, 6.45) is 7.01. The summed E-state index contributed by atoms with van der Waals surface area (Å²) in [5.41, 5.74) is 5.33. The molecule has 0 atom stereocenters. The van der Waals surface area contributed by atoms with E-state index in [1.165, 1.54) is 48.2 Å². The second-order valence-corrected chi connectivity index (χ2v) is 4.57. The van der Waals surface area contributed by atoms with Crippen LogP contribution in [0.25, 0.3) is 5.69 Å². The summed E-state index contributed by atoms with van der Waals surface area (Å²) < 4.78 is 2.11. The van der Waals surface area contributed by atoms with Gasteiger partial charge >= 0.3 is 0 Å². The summed E-state index contributed by atoms with van der Waals surface area (Å²) in [7, 11) is 0. The highest BCUT2D eigenvalue weighted by molar-refractivity contribution is 5.37. The number of fused-ring (bicyclic) bond motifs is 1. The van der Waals surface area contributed by atoms with Crippen molar-refractivity contribution in [2.45, 2.75) is 32.6 Å². The second-order valence-electron chi connectivity index (χ2n) is 4.57. The average Bonchev–Trinajstić information content (AvgIpc) is 2.74. The topological polar surface area (TPSA) is 17.8 Å².